The molecule has 1 aromatic carbocycles. The van der Waals surface area contributed by atoms with E-state index >= 15 is 0 Å². The zero-order valence-corrected chi connectivity index (χ0v) is 15.3. The number of piperidine rings is 1. The molecule has 1 heterocycles. The van der Waals surface area contributed by atoms with E-state index in [9.17, 15) is 9.59 Å². The zero-order valence-electron chi connectivity index (χ0n) is 14.5. The Kier molecular flexibility index (Phi) is 7.26. The number of nitrogens with zero attached hydrogens (tertiary/aromatic N) is 1. The number of rotatable bonds is 3. The molecule has 2 unspecified atom stereocenters. The van der Waals surface area contributed by atoms with Gasteiger partial charge in [0.2, 0.25) is 11.8 Å². The maximum atomic E-state index is 12.6. The van der Waals surface area contributed by atoms with Crippen LogP contribution in [0.1, 0.15) is 38.5 Å². The van der Waals surface area contributed by atoms with Gasteiger partial charge in [-0.2, -0.15) is 0 Å². The number of para-hydroxylation sites is 1. The van der Waals surface area contributed by atoms with Crippen LogP contribution in [0.2, 0.25) is 0 Å². The molecule has 25 heavy (non-hydrogen) atoms. The highest BCUT2D eigenvalue weighted by Gasteiger charge is 2.32. The molecule has 1 aliphatic heterocycles. The van der Waals surface area contributed by atoms with E-state index in [0.717, 1.165) is 44.2 Å². The Morgan fingerprint density at radius 1 is 1.00 bits per heavy atom. The van der Waals surface area contributed by atoms with E-state index in [1.807, 2.05) is 35.2 Å². The largest absolute Gasteiger partial charge is 0.342 e. The third-order valence-electron chi connectivity index (χ3n) is 5.28. The van der Waals surface area contributed by atoms with Crippen molar-refractivity contribution in [2.24, 2.45) is 17.6 Å². The lowest BCUT2D eigenvalue weighted by Gasteiger charge is -2.35. The van der Waals surface area contributed by atoms with Crippen molar-refractivity contribution in [3.8, 4) is 0 Å². The van der Waals surface area contributed by atoms with Gasteiger partial charge >= 0.3 is 0 Å². The minimum Gasteiger partial charge on any atom is -0.342 e. The summed E-state index contributed by atoms with van der Waals surface area (Å²) in [5, 5.41) is 2.97. The molecule has 2 fully saturated rings. The molecule has 5 nitrogen and oxygen atoms in total. The average Bonchev–Trinajstić information content (AvgIpc) is 2.62. The van der Waals surface area contributed by atoms with E-state index in [1.165, 1.54) is 0 Å². The zero-order chi connectivity index (χ0) is 16.9. The van der Waals surface area contributed by atoms with Crippen molar-refractivity contribution >= 4 is 29.9 Å². The summed E-state index contributed by atoms with van der Waals surface area (Å²) in [6.45, 7) is 1.36. The molecule has 0 radical (unpaired) electrons. The number of likely N-dealkylation sites (tertiary alicyclic amines) is 1. The fourth-order valence-corrected chi connectivity index (χ4v) is 3.84. The van der Waals surface area contributed by atoms with E-state index in [4.69, 9.17) is 5.73 Å². The summed E-state index contributed by atoms with van der Waals surface area (Å²) in [6.07, 6.45) is 5.33. The molecule has 0 spiro atoms. The van der Waals surface area contributed by atoms with Crippen molar-refractivity contribution in [1.29, 1.82) is 0 Å². The van der Waals surface area contributed by atoms with E-state index in [-0.39, 0.29) is 42.1 Å². The summed E-state index contributed by atoms with van der Waals surface area (Å²) < 4.78 is 0. The number of carbonyl (C=O) groups excluding carboxylic acids is 2. The molecule has 1 saturated carbocycles. The number of hydrogen-bond acceptors (Lipinski definition) is 3. The van der Waals surface area contributed by atoms with Gasteiger partial charge in [0, 0.05) is 36.7 Å². The molecular weight excluding hydrogens is 338 g/mol. The van der Waals surface area contributed by atoms with Crippen LogP contribution in [0, 0.1) is 11.8 Å². The maximum Gasteiger partial charge on any atom is 0.227 e. The van der Waals surface area contributed by atoms with Crippen LogP contribution in [0.25, 0.3) is 0 Å². The number of nitrogens with two attached hydrogens (primary N) is 1. The molecule has 1 saturated heterocycles. The second-order valence-corrected chi connectivity index (χ2v) is 7.08. The predicted molar refractivity (Wildman–Crippen MR) is 102 cm³/mol. The second kappa shape index (κ2) is 9.20. The summed E-state index contributed by atoms with van der Waals surface area (Å²) in [4.78, 5) is 26.9. The molecule has 3 rings (SSSR count). The molecule has 138 valence electrons. The predicted octanol–water partition coefficient (Wildman–Crippen LogP) is 2.80. The quantitative estimate of drug-likeness (QED) is 0.864. The van der Waals surface area contributed by atoms with Crippen molar-refractivity contribution < 1.29 is 9.59 Å². The highest BCUT2D eigenvalue weighted by atomic mass is 35.5. The first-order valence-corrected chi connectivity index (χ1v) is 9.04. The fourth-order valence-electron chi connectivity index (χ4n) is 3.84. The lowest BCUT2D eigenvalue weighted by atomic mass is 9.84. The highest BCUT2D eigenvalue weighted by Crippen LogP contribution is 2.27. The average molecular weight is 366 g/mol. The highest BCUT2D eigenvalue weighted by molar-refractivity contribution is 5.92. The Labute approximate surface area is 155 Å². The third-order valence-corrected chi connectivity index (χ3v) is 5.28. The van der Waals surface area contributed by atoms with Crippen LogP contribution < -0.4 is 11.1 Å². The van der Waals surface area contributed by atoms with Crippen LogP contribution in [0.15, 0.2) is 30.3 Å². The molecular formula is C19H28ClN3O2. The van der Waals surface area contributed by atoms with Gasteiger partial charge in [-0.15, -0.1) is 12.4 Å². The SMILES string of the molecule is Cl.NC1CCCC(C(=O)N2CCC(C(=O)Nc3ccccc3)CC2)C1. The van der Waals surface area contributed by atoms with Crippen molar-refractivity contribution in [1.82, 2.24) is 4.90 Å². The van der Waals surface area contributed by atoms with Crippen LogP contribution in [-0.2, 0) is 9.59 Å². The van der Waals surface area contributed by atoms with Crippen molar-refractivity contribution in [3.05, 3.63) is 30.3 Å². The van der Waals surface area contributed by atoms with Gasteiger partial charge < -0.3 is 16.0 Å². The van der Waals surface area contributed by atoms with Gasteiger partial charge in [-0.05, 0) is 44.2 Å². The van der Waals surface area contributed by atoms with Gasteiger partial charge in [0.25, 0.3) is 0 Å². The standard InChI is InChI=1S/C19H27N3O2.ClH/c20-16-6-4-5-15(13-16)19(24)22-11-9-14(10-12-22)18(23)21-17-7-2-1-3-8-17;/h1-3,7-8,14-16H,4-6,9-13,20H2,(H,21,23);1H. The van der Waals surface area contributed by atoms with Gasteiger partial charge in [-0.25, -0.2) is 0 Å². The van der Waals surface area contributed by atoms with Crippen LogP contribution in [0.5, 0.6) is 0 Å². The molecule has 1 aromatic rings. The van der Waals surface area contributed by atoms with E-state index in [2.05, 4.69) is 5.32 Å². The van der Waals surface area contributed by atoms with Gasteiger partial charge in [0.15, 0.2) is 0 Å². The maximum absolute atomic E-state index is 12.6. The topological polar surface area (TPSA) is 75.4 Å². The summed E-state index contributed by atoms with van der Waals surface area (Å²) >= 11 is 0. The first-order chi connectivity index (χ1) is 11.6. The van der Waals surface area contributed by atoms with E-state index in [1.54, 1.807) is 0 Å². The number of halogens is 1. The van der Waals surface area contributed by atoms with Crippen molar-refractivity contribution in [2.45, 2.75) is 44.6 Å². The minimum atomic E-state index is -0.0112. The molecule has 6 heteroatoms. The molecule has 0 bridgehead atoms. The van der Waals surface area contributed by atoms with Gasteiger partial charge in [0.1, 0.15) is 0 Å². The van der Waals surface area contributed by atoms with Crippen LogP contribution in [-0.4, -0.2) is 35.8 Å². The van der Waals surface area contributed by atoms with E-state index < -0.39 is 0 Å². The summed E-state index contributed by atoms with van der Waals surface area (Å²) in [6, 6.07) is 9.70. The Morgan fingerprint density at radius 3 is 2.32 bits per heavy atom. The molecule has 1 aliphatic carbocycles. The summed E-state index contributed by atoms with van der Waals surface area (Å²) in [7, 11) is 0. The molecule has 3 N–H and O–H groups in total. The second-order valence-electron chi connectivity index (χ2n) is 7.08. The number of hydrogen-bond donors (Lipinski definition) is 2. The number of nitrogens with one attached hydrogen (secondary N) is 1. The van der Waals surface area contributed by atoms with Gasteiger partial charge in [-0.3, -0.25) is 9.59 Å². The first kappa shape index (κ1) is 19.7. The normalized spacial score (nSPS) is 24.3. The number of amides is 2. The number of benzene rings is 1. The Balaban J connectivity index is 0.00000225. The Bertz CT molecular complexity index is 573. The lowest BCUT2D eigenvalue weighted by Crippen LogP contribution is -2.45. The van der Waals surface area contributed by atoms with Crippen molar-refractivity contribution in [2.75, 3.05) is 18.4 Å². The Hall–Kier alpha value is -1.59. The number of carbonyl (C=O) groups is 2. The monoisotopic (exact) mass is 365 g/mol. The molecule has 2 amide bonds. The first-order valence-electron chi connectivity index (χ1n) is 9.04. The van der Waals surface area contributed by atoms with Crippen molar-refractivity contribution in [3.63, 3.8) is 0 Å². The van der Waals surface area contributed by atoms with E-state index in [0.29, 0.717) is 13.1 Å². The lowest BCUT2D eigenvalue weighted by molar-refractivity contribution is -0.139. The fraction of sp³-hybridized carbons (Fsp3) is 0.579. The molecule has 2 aliphatic rings. The van der Waals surface area contributed by atoms with Crippen LogP contribution >= 0.6 is 12.4 Å². The van der Waals surface area contributed by atoms with Crippen LogP contribution in [0.4, 0.5) is 5.69 Å². The van der Waals surface area contributed by atoms with Gasteiger partial charge in [-0.1, -0.05) is 24.6 Å². The Morgan fingerprint density at radius 2 is 1.68 bits per heavy atom. The third kappa shape index (κ3) is 5.19. The van der Waals surface area contributed by atoms with Gasteiger partial charge in [0.05, 0.1) is 0 Å². The number of anilines is 1. The minimum absolute atomic E-state index is 0. The summed E-state index contributed by atoms with van der Waals surface area (Å²) in [5.74, 6) is 0.381. The molecule has 2 atom stereocenters. The smallest absolute Gasteiger partial charge is 0.227 e. The summed E-state index contributed by atoms with van der Waals surface area (Å²) in [5.41, 5.74) is 6.83. The van der Waals surface area contributed by atoms with Crippen LogP contribution in [0.3, 0.4) is 0 Å². The molecule has 0 aromatic heterocycles.